The number of carbonyl (C=O) groups excluding carboxylic acids is 1. The zero-order valence-electron chi connectivity index (χ0n) is 17.5. The summed E-state index contributed by atoms with van der Waals surface area (Å²) >= 11 is 0. The van der Waals surface area contributed by atoms with Crippen LogP contribution in [0.4, 0.5) is 0 Å². The van der Waals surface area contributed by atoms with E-state index in [1.54, 1.807) is 40.7 Å². The topological polar surface area (TPSA) is 69.9 Å². The highest BCUT2D eigenvalue weighted by molar-refractivity contribution is 6.01. The zero-order valence-corrected chi connectivity index (χ0v) is 17.5. The van der Waals surface area contributed by atoms with Crippen LogP contribution < -0.4 is 19.5 Å². The Bertz CT molecular complexity index is 1090. The molecule has 0 fully saturated rings. The molecule has 1 N–H and O–H groups in total. The average molecular weight is 395 g/mol. The molecule has 0 aliphatic carbocycles. The molecule has 6 nitrogen and oxygen atoms in total. The Morgan fingerprint density at radius 3 is 2.41 bits per heavy atom. The van der Waals surface area contributed by atoms with Gasteiger partial charge in [0.2, 0.25) is 5.91 Å². The maximum Gasteiger partial charge on any atom is 0.244 e. The number of furan rings is 1. The SMILES string of the molecule is CNC(=O)/C=C(\C)c1cc2c(-c3ccc(OC)c(OC)c3)coc2c(C)c1OC. The number of fused-ring (bicyclic) bond motifs is 1. The standard InChI is InChI=1S/C23H25NO5/c1-13(9-21(25)24-3)16-11-17-18(12-29-23(17)14(2)22(16)28-6)15-7-8-19(26-4)20(10-15)27-5/h7-12H,1-6H3,(H,24,25)/b13-9+. The summed E-state index contributed by atoms with van der Waals surface area (Å²) < 4.78 is 22.3. The van der Waals surface area contributed by atoms with Crippen LogP contribution in [0.1, 0.15) is 18.1 Å². The third-order valence-electron chi connectivity index (χ3n) is 4.96. The second kappa shape index (κ2) is 8.31. The van der Waals surface area contributed by atoms with E-state index >= 15 is 0 Å². The highest BCUT2D eigenvalue weighted by Crippen LogP contribution is 2.42. The molecule has 0 radical (unpaired) electrons. The van der Waals surface area contributed by atoms with E-state index < -0.39 is 0 Å². The molecule has 3 aromatic rings. The first-order valence-electron chi connectivity index (χ1n) is 9.16. The van der Waals surface area contributed by atoms with Crippen molar-refractivity contribution < 1.29 is 23.4 Å². The first-order chi connectivity index (χ1) is 13.9. The van der Waals surface area contributed by atoms with E-state index in [0.29, 0.717) is 17.2 Å². The van der Waals surface area contributed by atoms with Gasteiger partial charge in [0.15, 0.2) is 11.5 Å². The van der Waals surface area contributed by atoms with Crippen molar-refractivity contribution in [2.45, 2.75) is 13.8 Å². The lowest BCUT2D eigenvalue weighted by Gasteiger charge is -2.13. The molecule has 0 unspecified atom stereocenters. The van der Waals surface area contributed by atoms with Gasteiger partial charge in [-0.05, 0) is 43.2 Å². The van der Waals surface area contributed by atoms with Crippen molar-refractivity contribution in [1.82, 2.24) is 5.32 Å². The minimum atomic E-state index is -0.172. The maximum absolute atomic E-state index is 11.8. The van der Waals surface area contributed by atoms with Gasteiger partial charge in [-0.3, -0.25) is 4.79 Å². The van der Waals surface area contributed by atoms with Gasteiger partial charge in [0.1, 0.15) is 11.3 Å². The number of carbonyl (C=O) groups is 1. The molecular formula is C23H25NO5. The highest BCUT2D eigenvalue weighted by Gasteiger charge is 2.19. The second-order valence-corrected chi connectivity index (χ2v) is 6.62. The largest absolute Gasteiger partial charge is 0.496 e. The summed E-state index contributed by atoms with van der Waals surface area (Å²) in [5, 5.41) is 3.54. The van der Waals surface area contributed by atoms with Crippen molar-refractivity contribution in [3.63, 3.8) is 0 Å². The summed E-state index contributed by atoms with van der Waals surface area (Å²) in [6, 6.07) is 7.72. The normalized spacial score (nSPS) is 11.4. The number of nitrogens with one attached hydrogen (secondary N) is 1. The Labute approximate surface area is 170 Å². The fraction of sp³-hybridized carbons (Fsp3) is 0.261. The van der Waals surface area contributed by atoms with E-state index in [-0.39, 0.29) is 5.91 Å². The number of benzene rings is 2. The van der Waals surface area contributed by atoms with Crippen LogP contribution in [0.2, 0.25) is 0 Å². The van der Waals surface area contributed by atoms with Crippen LogP contribution in [0.25, 0.3) is 27.7 Å². The summed E-state index contributed by atoms with van der Waals surface area (Å²) in [6.07, 6.45) is 3.28. The van der Waals surface area contributed by atoms with E-state index in [0.717, 1.165) is 38.8 Å². The molecule has 3 rings (SSSR count). The van der Waals surface area contributed by atoms with Gasteiger partial charge >= 0.3 is 0 Å². The molecule has 0 aliphatic rings. The number of amides is 1. The Balaban J connectivity index is 2.24. The first kappa shape index (κ1) is 20.3. The van der Waals surface area contributed by atoms with E-state index in [9.17, 15) is 4.79 Å². The van der Waals surface area contributed by atoms with Gasteiger partial charge in [-0.15, -0.1) is 0 Å². The summed E-state index contributed by atoms with van der Waals surface area (Å²) in [6.45, 7) is 3.83. The Kier molecular flexibility index (Phi) is 5.82. The number of allylic oxidation sites excluding steroid dienone is 1. The molecule has 152 valence electrons. The van der Waals surface area contributed by atoms with Gasteiger partial charge in [-0.2, -0.15) is 0 Å². The number of hydrogen-bond acceptors (Lipinski definition) is 5. The van der Waals surface area contributed by atoms with Crippen LogP contribution in [0, 0.1) is 6.92 Å². The first-order valence-corrected chi connectivity index (χ1v) is 9.16. The Hall–Kier alpha value is -3.41. The van der Waals surface area contributed by atoms with Crippen LogP contribution in [0.5, 0.6) is 17.2 Å². The lowest BCUT2D eigenvalue weighted by atomic mass is 9.96. The molecule has 0 spiro atoms. The Morgan fingerprint density at radius 1 is 1.07 bits per heavy atom. The summed E-state index contributed by atoms with van der Waals surface area (Å²) in [5.41, 5.74) is 5.10. The van der Waals surface area contributed by atoms with Crippen LogP contribution in [-0.2, 0) is 4.79 Å². The van der Waals surface area contributed by atoms with E-state index in [4.69, 9.17) is 18.6 Å². The van der Waals surface area contributed by atoms with Gasteiger partial charge in [0, 0.05) is 35.2 Å². The number of ether oxygens (including phenoxy) is 3. The summed E-state index contributed by atoms with van der Waals surface area (Å²) in [7, 11) is 6.43. The van der Waals surface area contributed by atoms with E-state index in [1.807, 2.05) is 38.1 Å². The number of likely N-dealkylation sites (N-methyl/N-ethyl adjacent to an activating group) is 1. The quantitative estimate of drug-likeness (QED) is 0.619. The molecule has 1 aromatic heterocycles. The third-order valence-corrected chi connectivity index (χ3v) is 4.96. The van der Waals surface area contributed by atoms with E-state index in [2.05, 4.69) is 5.32 Å². The lowest BCUT2D eigenvalue weighted by molar-refractivity contribution is -0.116. The van der Waals surface area contributed by atoms with Crippen molar-refractivity contribution in [2.75, 3.05) is 28.4 Å². The fourth-order valence-electron chi connectivity index (χ4n) is 3.45. The molecule has 0 saturated heterocycles. The minimum Gasteiger partial charge on any atom is -0.496 e. The van der Waals surface area contributed by atoms with E-state index in [1.165, 1.54) is 0 Å². The number of rotatable bonds is 6. The summed E-state index contributed by atoms with van der Waals surface area (Å²) in [4.78, 5) is 11.8. The molecule has 6 heteroatoms. The molecule has 0 bridgehead atoms. The molecule has 0 saturated carbocycles. The van der Waals surface area contributed by atoms with Crippen molar-refractivity contribution in [3.8, 4) is 28.4 Å². The van der Waals surface area contributed by atoms with Gasteiger partial charge < -0.3 is 23.9 Å². The van der Waals surface area contributed by atoms with Crippen molar-refractivity contribution in [1.29, 1.82) is 0 Å². The summed E-state index contributed by atoms with van der Waals surface area (Å²) in [5.74, 6) is 1.81. The third kappa shape index (κ3) is 3.66. The van der Waals surface area contributed by atoms with Crippen LogP contribution in [-0.4, -0.2) is 34.3 Å². The van der Waals surface area contributed by atoms with Crippen molar-refractivity contribution in [2.24, 2.45) is 0 Å². The van der Waals surface area contributed by atoms with Crippen LogP contribution in [0.3, 0.4) is 0 Å². The number of methoxy groups -OCH3 is 3. The van der Waals surface area contributed by atoms with Gasteiger partial charge in [-0.25, -0.2) is 0 Å². The highest BCUT2D eigenvalue weighted by atomic mass is 16.5. The fourth-order valence-corrected chi connectivity index (χ4v) is 3.45. The molecule has 1 amide bonds. The Morgan fingerprint density at radius 2 is 1.79 bits per heavy atom. The van der Waals surface area contributed by atoms with Crippen LogP contribution in [0.15, 0.2) is 41.0 Å². The smallest absolute Gasteiger partial charge is 0.244 e. The predicted molar refractivity (Wildman–Crippen MR) is 114 cm³/mol. The minimum absolute atomic E-state index is 0.172. The van der Waals surface area contributed by atoms with Gasteiger partial charge in [-0.1, -0.05) is 6.07 Å². The van der Waals surface area contributed by atoms with Gasteiger partial charge in [0.25, 0.3) is 0 Å². The van der Waals surface area contributed by atoms with Crippen molar-refractivity contribution in [3.05, 3.63) is 47.7 Å². The number of aryl methyl sites for hydroxylation is 1. The predicted octanol–water partition coefficient (Wildman–Crippen LogP) is 4.58. The zero-order chi connectivity index (χ0) is 21.1. The molecule has 1 heterocycles. The maximum atomic E-state index is 11.8. The molecule has 29 heavy (non-hydrogen) atoms. The molecule has 0 aliphatic heterocycles. The monoisotopic (exact) mass is 395 g/mol. The average Bonchev–Trinajstić information content (AvgIpc) is 3.17. The van der Waals surface area contributed by atoms with Gasteiger partial charge in [0.05, 0.1) is 27.6 Å². The molecule has 0 atom stereocenters. The second-order valence-electron chi connectivity index (χ2n) is 6.62. The molecular weight excluding hydrogens is 370 g/mol. The lowest BCUT2D eigenvalue weighted by Crippen LogP contribution is -2.14. The van der Waals surface area contributed by atoms with Crippen molar-refractivity contribution >= 4 is 22.4 Å². The van der Waals surface area contributed by atoms with Crippen LogP contribution >= 0.6 is 0 Å². The molecule has 2 aromatic carbocycles. The number of hydrogen-bond donors (Lipinski definition) is 1.